The van der Waals surface area contributed by atoms with Crippen molar-refractivity contribution in [1.29, 1.82) is 0 Å². The molecule has 1 rings (SSSR count). The molecule has 1 nitrogen and oxygen atoms in total. The van der Waals surface area contributed by atoms with Crippen molar-refractivity contribution < 1.29 is 0 Å². The molecule has 0 atom stereocenters. The van der Waals surface area contributed by atoms with Crippen LogP contribution in [0, 0.1) is 0 Å². The van der Waals surface area contributed by atoms with E-state index in [4.69, 9.17) is 23.2 Å². The quantitative estimate of drug-likeness (QED) is 0.722. The first-order valence-corrected chi connectivity index (χ1v) is 4.30. The molecule has 0 aliphatic carbocycles. The van der Waals surface area contributed by atoms with E-state index in [0.717, 1.165) is 17.3 Å². The standard InChI is InChI=1S/C8H9Cl2N/c9-5-6-11-8-4-2-1-3-7(8)10/h1-4,11H,5-6H2. The van der Waals surface area contributed by atoms with Crippen LogP contribution in [0.15, 0.2) is 24.3 Å². The minimum atomic E-state index is 0.589. The lowest BCUT2D eigenvalue weighted by Crippen LogP contribution is -2.02. The van der Waals surface area contributed by atoms with Crippen LogP contribution >= 0.6 is 23.2 Å². The second kappa shape index (κ2) is 4.47. The van der Waals surface area contributed by atoms with Gasteiger partial charge in [-0.15, -0.1) is 11.6 Å². The summed E-state index contributed by atoms with van der Waals surface area (Å²) < 4.78 is 0. The van der Waals surface area contributed by atoms with Crippen LogP contribution in [0.2, 0.25) is 5.02 Å². The van der Waals surface area contributed by atoms with Crippen molar-refractivity contribution >= 4 is 28.9 Å². The number of hydrogen-bond donors (Lipinski definition) is 1. The molecule has 1 N–H and O–H groups in total. The Balaban J connectivity index is 2.62. The summed E-state index contributed by atoms with van der Waals surface area (Å²) in [5, 5.41) is 3.83. The molecule has 0 aliphatic rings. The van der Waals surface area contributed by atoms with E-state index in [0.29, 0.717) is 5.88 Å². The molecule has 0 saturated heterocycles. The van der Waals surface area contributed by atoms with Crippen LogP contribution in [-0.4, -0.2) is 12.4 Å². The molecule has 0 radical (unpaired) electrons. The van der Waals surface area contributed by atoms with Gasteiger partial charge in [0.25, 0.3) is 0 Å². The number of para-hydroxylation sites is 1. The van der Waals surface area contributed by atoms with Crippen molar-refractivity contribution in [2.24, 2.45) is 0 Å². The number of alkyl halides is 1. The fraction of sp³-hybridized carbons (Fsp3) is 0.250. The van der Waals surface area contributed by atoms with Crippen molar-refractivity contribution in [1.82, 2.24) is 0 Å². The molecule has 0 bridgehead atoms. The normalized spacial score (nSPS) is 9.64. The first-order chi connectivity index (χ1) is 5.34. The summed E-state index contributed by atoms with van der Waals surface area (Å²) in [5.41, 5.74) is 0.940. The number of halogens is 2. The van der Waals surface area contributed by atoms with Crippen molar-refractivity contribution in [3.8, 4) is 0 Å². The molecule has 3 heteroatoms. The van der Waals surface area contributed by atoms with E-state index >= 15 is 0 Å². The maximum Gasteiger partial charge on any atom is 0.0637 e. The predicted molar refractivity (Wildman–Crippen MR) is 50.7 cm³/mol. The molecule has 0 saturated carbocycles. The van der Waals surface area contributed by atoms with Crippen molar-refractivity contribution in [2.45, 2.75) is 0 Å². The molecular formula is C8H9Cl2N. The molecule has 0 amide bonds. The largest absolute Gasteiger partial charge is 0.383 e. The average Bonchev–Trinajstić information content (AvgIpc) is 2.03. The number of anilines is 1. The average molecular weight is 190 g/mol. The Kier molecular flexibility index (Phi) is 3.53. The lowest BCUT2D eigenvalue weighted by Gasteiger charge is -2.04. The second-order valence-electron chi connectivity index (χ2n) is 2.10. The Morgan fingerprint density at radius 2 is 2.00 bits per heavy atom. The summed E-state index contributed by atoms with van der Waals surface area (Å²) in [6, 6.07) is 7.60. The number of benzene rings is 1. The zero-order chi connectivity index (χ0) is 8.10. The van der Waals surface area contributed by atoms with E-state index in [1.165, 1.54) is 0 Å². The zero-order valence-electron chi connectivity index (χ0n) is 5.98. The van der Waals surface area contributed by atoms with Gasteiger partial charge in [-0.3, -0.25) is 0 Å². The summed E-state index contributed by atoms with van der Waals surface area (Å²) in [6.07, 6.45) is 0. The van der Waals surface area contributed by atoms with E-state index in [-0.39, 0.29) is 0 Å². The highest BCUT2D eigenvalue weighted by Crippen LogP contribution is 2.19. The maximum absolute atomic E-state index is 5.85. The van der Waals surface area contributed by atoms with Crippen LogP contribution < -0.4 is 5.32 Å². The van der Waals surface area contributed by atoms with Gasteiger partial charge in [0.2, 0.25) is 0 Å². The molecule has 60 valence electrons. The molecule has 1 aromatic carbocycles. The smallest absolute Gasteiger partial charge is 0.0637 e. The van der Waals surface area contributed by atoms with Gasteiger partial charge in [-0.25, -0.2) is 0 Å². The topological polar surface area (TPSA) is 12.0 Å². The van der Waals surface area contributed by atoms with Gasteiger partial charge < -0.3 is 5.32 Å². The summed E-state index contributed by atoms with van der Waals surface area (Å²) >= 11 is 11.4. The first kappa shape index (κ1) is 8.69. The van der Waals surface area contributed by atoms with Gasteiger partial charge in [-0.2, -0.15) is 0 Å². The Morgan fingerprint density at radius 1 is 1.27 bits per heavy atom. The Bertz CT molecular complexity index is 225. The van der Waals surface area contributed by atoms with Crippen LogP contribution in [0.4, 0.5) is 5.69 Å². The Labute approximate surface area is 76.3 Å². The van der Waals surface area contributed by atoms with Crippen LogP contribution in [0.5, 0.6) is 0 Å². The lowest BCUT2D eigenvalue weighted by atomic mass is 10.3. The molecule has 0 aliphatic heterocycles. The van der Waals surface area contributed by atoms with Crippen molar-refractivity contribution in [3.05, 3.63) is 29.3 Å². The molecule has 0 heterocycles. The summed E-state index contributed by atoms with van der Waals surface area (Å²) in [6.45, 7) is 0.741. The molecule has 1 aromatic rings. The first-order valence-electron chi connectivity index (χ1n) is 3.39. The molecule has 11 heavy (non-hydrogen) atoms. The van der Waals surface area contributed by atoms with Gasteiger partial charge in [0.05, 0.1) is 10.7 Å². The van der Waals surface area contributed by atoms with E-state index in [2.05, 4.69) is 5.32 Å². The number of nitrogens with one attached hydrogen (secondary N) is 1. The van der Waals surface area contributed by atoms with Crippen LogP contribution in [0.1, 0.15) is 0 Å². The minimum absolute atomic E-state index is 0.589. The highest BCUT2D eigenvalue weighted by Gasteiger charge is 1.94. The fourth-order valence-corrected chi connectivity index (χ4v) is 1.08. The monoisotopic (exact) mass is 189 g/mol. The maximum atomic E-state index is 5.85. The van der Waals surface area contributed by atoms with Gasteiger partial charge in [0.1, 0.15) is 0 Å². The third-order valence-electron chi connectivity index (χ3n) is 1.28. The molecule has 0 fully saturated rings. The van der Waals surface area contributed by atoms with Gasteiger partial charge in [-0.05, 0) is 12.1 Å². The highest BCUT2D eigenvalue weighted by atomic mass is 35.5. The van der Waals surface area contributed by atoms with Crippen LogP contribution in [-0.2, 0) is 0 Å². The third-order valence-corrected chi connectivity index (χ3v) is 1.80. The van der Waals surface area contributed by atoms with E-state index in [9.17, 15) is 0 Å². The van der Waals surface area contributed by atoms with E-state index < -0.39 is 0 Å². The molecule has 0 spiro atoms. The molecule has 0 aromatic heterocycles. The number of hydrogen-bond acceptors (Lipinski definition) is 1. The van der Waals surface area contributed by atoms with Gasteiger partial charge >= 0.3 is 0 Å². The third kappa shape index (κ3) is 2.60. The Morgan fingerprint density at radius 3 is 2.64 bits per heavy atom. The Hall–Kier alpha value is -0.400. The van der Waals surface area contributed by atoms with Crippen LogP contribution in [0.3, 0.4) is 0 Å². The summed E-state index contributed by atoms with van der Waals surface area (Å²) in [4.78, 5) is 0. The van der Waals surface area contributed by atoms with Gasteiger partial charge in [0.15, 0.2) is 0 Å². The van der Waals surface area contributed by atoms with E-state index in [1.807, 2.05) is 24.3 Å². The lowest BCUT2D eigenvalue weighted by molar-refractivity contribution is 1.22. The molecule has 0 unspecified atom stereocenters. The minimum Gasteiger partial charge on any atom is -0.383 e. The SMILES string of the molecule is ClCCNc1ccccc1Cl. The second-order valence-corrected chi connectivity index (χ2v) is 2.88. The zero-order valence-corrected chi connectivity index (χ0v) is 7.49. The molecular weight excluding hydrogens is 181 g/mol. The predicted octanol–water partition coefficient (Wildman–Crippen LogP) is 2.99. The van der Waals surface area contributed by atoms with E-state index in [1.54, 1.807) is 0 Å². The van der Waals surface area contributed by atoms with Crippen LogP contribution in [0.25, 0.3) is 0 Å². The highest BCUT2D eigenvalue weighted by molar-refractivity contribution is 6.33. The summed E-state index contributed by atoms with van der Waals surface area (Å²) in [7, 11) is 0. The van der Waals surface area contributed by atoms with Crippen molar-refractivity contribution in [3.63, 3.8) is 0 Å². The number of rotatable bonds is 3. The van der Waals surface area contributed by atoms with Gasteiger partial charge in [-0.1, -0.05) is 23.7 Å². The summed E-state index contributed by atoms with van der Waals surface area (Å²) in [5.74, 6) is 0.589. The fourth-order valence-electron chi connectivity index (χ4n) is 0.786. The van der Waals surface area contributed by atoms with Gasteiger partial charge in [0, 0.05) is 12.4 Å². The van der Waals surface area contributed by atoms with Crippen molar-refractivity contribution in [2.75, 3.05) is 17.7 Å².